The predicted octanol–water partition coefficient (Wildman–Crippen LogP) is 2.23. The summed E-state index contributed by atoms with van der Waals surface area (Å²) in [5.41, 5.74) is 0.884. The monoisotopic (exact) mass is 303 g/mol. The lowest BCUT2D eigenvalue weighted by molar-refractivity contribution is 0.375. The van der Waals surface area contributed by atoms with Crippen LogP contribution in [0, 0.1) is 0 Å². The van der Waals surface area contributed by atoms with Gasteiger partial charge in [0.25, 0.3) is 0 Å². The summed E-state index contributed by atoms with van der Waals surface area (Å²) in [6.07, 6.45) is 1.85. The van der Waals surface area contributed by atoms with Crippen LogP contribution in [0.1, 0.15) is 18.4 Å². The topological polar surface area (TPSA) is 46.6 Å². The lowest BCUT2D eigenvalue weighted by Crippen LogP contribution is -2.35. The number of methoxy groups -OCH3 is 1. The summed E-state index contributed by atoms with van der Waals surface area (Å²) in [5, 5.41) is 0. The Morgan fingerprint density at radius 3 is 2.63 bits per heavy atom. The van der Waals surface area contributed by atoms with E-state index in [1.165, 1.54) is 0 Å². The highest BCUT2D eigenvalue weighted by Crippen LogP contribution is 2.32. The first-order valence-electron chi connectivity index (χ1n) is 6.26. The van der Waals surface area contributed by atoms with Crippen LogP contribution in [-0.2, 0) is 16.6 Å². The molecule has 106 valence electrons. The quantitative estimate of drug-likeness (QED) is 0.726. The van der Waals surface area contributed by atoms with E-state index < -0.39 is 10.0 Å². The lowest BCUT2D eigenvalue weighted by atomic mass is 10.2. The third kappa shape index (κ3) is 3.61. The molecule has 0 amide bonds. The molecular formula is C13H18ClNO3S. The number of hydrogen-bond acceptors (Lipinski definition) is 3. The van der Waals surface area contributed by atoms with Gasteiger partial charge in [0.05, 0.1) is 12.9 Å². The van der Waals surface area contributed by atoms with E-state index in [0.717, 1.165) is 18.4 Å². The Labute approximate surface area is 119 Å². The average Bonchev–Trinajstić information content (AvgIpc) is 3.20. The second-order valence-corrected chi connectivity index (χ2v) is 7.01. The van der Waals surface area contributed by atoms with Crippen LogP contribution in [0.3, 0.4) is 0 Å². The Hall–Kier alpha value is -0.780. The fourth-order valence-electron chi connectivity index (χ4n) is 2.03. The smallest absolute Gasteiger partial charge is 0.215 e. The summed E-state index contributed by atoms with van der Waals surface area (Å²) in [4.78, 5) is 0. The number of benzene rings is 1. The van der Waals surface area contributed by atoms with Gasteiger partial charge in [-0.2, -0.15) is 4.31 Å². The zero-order valence-electron chi connectivity index (χ0n) is 10.9. The number of para-hydroxylation sites is 1. The first-order valence-corrected chi connectivity index (χ1v) is 8.40. The van der Waals surface area contributed by atoms with Crippen molar-refractivity contribution in [2.75, 3.05) is 18.7 Å². The van der Waals surface area contributed by atoms with Crippen LogP contribution in [0.4, 0.5) is 0 Å². The van der Waals surface area contributed by atoms with Gasteiger partial charge >= 0.3 is 0 Å². The van der Waals surface area contributed by atoms with Crippen molar-refractivity contribution in [2.45, 2.75) is 25.4 Å². The number of halogens is 1. The second kappa shape index (κ2) is 6.11. The molecule has 4 nitrogen and oxygen atoms in total. The predicted molar refractivity (Wildman–Crippen MR) is 76.1 cm³/mol. The summed E-state index contributed by atoms with van der Waals surface area (Å²) in [6, 6.07) is 7.62. The van der Waals surface area contributed by atoms with Crippen molar-refractivity contribution >= 4 is 21.6 Å². The van der Waals surface area contributed by atoms with Gasteiger partial charge in [-0.05, 0) is 18.9 Å². The van der Waals surface area contributed by atoms with Crippen LogP contribution < -0.4 is 4.74 Å². The summed E-state index contributed by atoms with van der Waals surface area (Å²) in [5.74, 6) is 0.826. The third-order valence-electron chi connectivity index (χ3n) is 3.17. The van der Waals surface area contributed by atoms with Crippen molar-refractivity contribution in [1.82, 2.24) is 4.31 Å². The molecule has 0 spiro atoms. The molecule has 0 bridgehead atoms. The molecule has 0 heterocycles. The van der Waals surface area contributed by atoms with E-state index in [1.54, 1.807) is 11.4 Å². The molecule has 19 heavy (non-hydrogen) atoms. The highest BCUT2D eigenvalue weighted by molar-refractivity contribution is 7.89. The second-order valence-electron chi connectivity index (χ2n) is 4.59. The zero-order valence-corrected chi connectivity index (χ0v) is 12.5. The molecule has 1 aromatic carbocycles. The summed E-state index contributed by atoms with van der Waals surface area (Å²) in [6.45, 7) is 0.355. The molecule has 0 aromatic heterocycles. The Balaban J connectivity index is 2.22. The summed E-state index contributed by atoms with van der Waals surface area (Å²) in [7, 11) is -1.70. The van der Waals surface area contributed by atoms with Gasteiger partial charge in [-0.15, -0.1) is 11.6 Å². The maximum atomic E-state index is 12.2. The van der Waals surface area contributed by atoms with Gasteiger partial charge in [0.2, 0.25) is 10.0 Å². The average molecular weight is 304 g/mol. The van der Waals surface area contributed by atoms with Crippen molar-refractivity contribution in [3.63, 3.8) is 0 Å². The molecule has 0 N–H and O–H groups in total. The molecule has 1 saturated carbocycles. The third-order valence-corrected chi connectivity index (χ3v) is 5.44. The van der Waals surface area contributed by atoms with Gasteiger partial charge in [0, 0.05) is 24.0 Å². The number of ether oxygens (including phenoxy) is 1. The van der Waals surface area contributed by atoms with E-state index in [2.05, 4.69) is 0 Å². The number of rotatable bonds is 7. The number of nitrogens with zero attached hydrogens (tertiary/aromatic N) is 1. The standard InChI is InChI=1S/C13H18ClNO3S/c1-18-13-5-3-2-4-11(13)10-15(12-6-7-12)19(16,17)9-8-14/h2-5,12H,6-10H2,1H3. The van der Waals surface area contributed by atoms with Crippen molar-refractivity contribution < 1.29 is 13.2 Å². The molecule has 0 atom stereocenters. The zero-order chi connectivity index (χ0) is 13.9. The maximum Gasteiger partial charge on any atom is 0.215 e. The maximum absolute atomic E-state index is 12.2. The van der Waals surface area contributed by atoms with Crippen molar-refractivity contribution in [1.29, 1.82) is 0 Å². The molecule has 0 saturated heterocycles. The van der Waals surface area contributed by atoms with Gasteiger partial charge in [0.1, 0.15) is 5.75 Å². The van der Waals surface area contributed by atoms with E-state index >= 15 is 0 Å². The Kier molecular flexibility index (Phi) is 4.71. The number of alkyl halides is 1. The minimum Gasteiger partial charge on any atom is -0.496 e. The normalized spacial score (nSPS) is 15.7. The van der Waals surface area contributed by atoms with Crippen LogP contribution in [0.5, 0.6) is 5.75 Å². The highest BCUT2D eigenvalue weighted by Gasteiger charge is 2.37. The molecule has 0 aliphatic heterocycles. The van der Waals surface area contributed by atoms with E-state index in [4.69, 9.17) is 16.3 Å². The molecule has 1 fully saturated rings. The molecular weight excluding hydrogens is 286 g/mol. The van der Waals surface area contributed by atoms with Gasteiger partial charge < -0.3 is 4.74 Å². The molecule has 2 rings (SSSR count). The van der Waals surface area contributed by atoms with Crippen molar-refractivity contribution in [3.05, 3.63) is 29.8 Å². The van der Waals surface area contributed by atoms with Gasteiger partial charge in [0.15, 0.2) is 0 Å². The van der Waals surface area contributed by atoms with Gasteiger partial charge in [-0.3, -0.25) is 0 Å². The largest absolute Gasteiger partial charge is 0.496 e. The molecule has 1 aliphatic rings. The van der Waals surface area contributed by atoms with Crippen LogP contribution in [0.2, 0.25) is 0 Å². The first-order chi connectivity index (χ1) is 9.08. The minimum absolute atomic E-state index is 0.0137. The van der Waals surface area contributed by atoms with Crippen LogP contribution in [0.25, 0.3) is 0 Å². The fraction of sp³-hybridized carbons (Fsp3) is 0.538. The van der Waals surface area contributed by atoms with Crippen LogP contribution in [0.15, 0.2) is 24.3 Å². The van der Waals surface area contributed by atoms with Gasteiger partial charge in [-0.25, -0.2) is 8.42 Å². The Morgan fingerprint density at radius 2 is 2.05 bits per heavy atom. The summed E-state index contributed by atoms with van der Waals surface area (Å²) < 4.78 is 31.3. The molecule has 1 aromatic rings. The Bertz CT molecular complexity index is 528. The first kappa shape index (κ1) is 14.6. The van der Waals surface area contributed by atoms with Gasteiger partial charge in [-0.1, -0.05) is 18.2 Å². The molecule has 1 aliphatic carbocycles. The molecule has 0 unspecified atom stereocenters. The Morgan fingerprint density at radius 1 is 1.37 bits per heavy atom. The van der Waals surface area contributed by atoms with Crippen LogP contribution >= 0.6 is 11.6 Å². The van der Waals surface area contributed by atoms with E-state index in [1.807, 2.05) is 24.3 Å². The summed E-state index contributed by atoms with van der Waals surface area (Å²) >= 11 is 5.59. The van der Waals surface area contributed by atoms with E-state index in [9.17, 15) is 8.42 Å². The van der Waals surface area contributed by atoms with E-state index in [-0.39, 0.29) is 17.7 Å². The fourth-order valence-corrected chi connectivity index (χ4v) is 4.05. The molecule has 0 radical (unpaired) electrons. The van der Waals surface area contributed by atoms with Crippen molar-refractivity contribution in [3.8, 4) is 5.75 Å². The minimum atomic E-state index is -3.29. The van der Waals surface area contributed by atoms with E-state index in [0.29, 0.717) is 12.3 Å². The highest BCUT2D eigenvalue weighted by atomic mass is 35.5. The van der Waals surface area contributed by atoms with Crippen molar-refractivity contribution in [2.24, 2.45) is 0 Å². The SMILES string of the molecule is COc1ccccc1CN(C1CC1)S(=O)(=O)CCCl. The number of hydrogen-bond donors (Lipinski definition) is 0. The molecule has 6 heteroatoms. The van der Waals surface area contributed by atoms with Crippen LogP contribution in [-0.4, -0.2) is 37.5 Å². The lowest BCUT2D eigenvalue weighted by Gasteiger charge is -2.22. The number of sulfonamides is 1.